The van der Waals surface area contributed by atoms with Crippen molar-refractivity contribution in [3.05, 3.63) is 22.2 Å². The molecular formula is C15H22BrNO2. The Morgan fingerprint density at radius 1 is 1.42 bits per heavy atom. The van der Waals surface area contributed by atoms with Crippen LogP contribution in [0.15, 0.2) is 16.6 Å². The Bertz CT molecular complexity index is 450. The van der Waals surface area contributed by atoms with Crippen molar-refractivity contribution in [3.63, 3.8) is 0 Å². The Hall–Kier alpha value is -0.740. The second-order valence-corrected chi connectivity index (χ2v) is 6.31. The maximum Gasteiger partial charge on any atom is 0.172 e. The molecule has 19 heavy (non-hydrogen) atoms. The standard InChI is InChI=1S/C15H22BrNO2/c1-10-5-4-6-17(11(10)2)9-12-7-13(16)15(18)14(8-12)19-3/h7-8,10-11,18H,4-6,9H2,1-3H3. The number of halogens is 1. The highest BCUT2D eigenvalue weighted by Gasteiger charge is 2.24. The lowest BCUT2D eigenvalue weighted by molar-refractivity contribution is 0.106. The second kappa shape index (κ2) is 6.14. The van der Waals surface area contributed by atoms with Crippen LogP contribution in [-0.2, 0) is 6.54 Å². The van der Waals surface area contributed by atoms with Crippen molar-refractivity contribution in [2.45, 2.75) is 39.3 Å². The van der Waals surface area contributed by atoms with Gasteiger partial charge in [0.15, 0.2) is 11.5 Å². The molecule has 1 aliphatic rings. The Labute approximate surface area is 123 Å². The van der Waals surface area contributed by atoms with E-state index >= 15 is 0 Å². The van der Waals surface area contributed by atoms with Crippen LogP contribution >= 0.6 is 15.9 Å². The SMILES string of the molecule is COc1cc(CN2CCCC(C)C2C)cc(Br)c1O. The minimum Gasteiger partial charge on any atom is -0.503 e. The number of benzene rings is 1. The maximum absolute atomic E-state index is 9.84. The molecule has 1 N–H and O–H groups in total. The highest BCUT2D eigenvalue weighted by molar-refractivity contribution is 9.10. The van der Waals surface area contributed by atoms with Gasteiger partial charge in [-0.2, -0.15) is 0 Å². The third-order valence-corrected chi connectivity index (χ3v) is 4.80. The molecule has 0 spiro atoms. The Balaban J connectivity index is 2.16. The quantitative estimate of drug-likeness (QED) is 0.916. The predicted octanol–water partition coefficient (Wildman–Crippen LogP) is 3.78. The molecule has 0 saturated carbocycles. The smallest absolute Gasteiger partial charge is 0.172 e. The summed E-state index contributed by atoms with van der Waals surface area (Å²) in [6, 6.07) is 4.50. The van der Waals surface area contributed by atoms with Gasteiger partial charge in [0.1, 0.15) is 0 Å². The topological polar surface area (TPSA) is 32.7 Å². The molecule has 1 aromatic carbocycles. The van der Waals surface area contributed by atoms with Gasteiger partial charge in [-0.3, -0.25) is 4.90 Å². The zero-order chi connectivity index (χ0) is 14.0. The lowest BCUT2D eigenvalue weighted by Gasteiger charge is -2.38. The molecule has 2 rings (SSSR count). The van der Waals surface area contributed by atoms with Crippen LogP contribution in [0.5, 0.6) is 11.5 Å². The number of phenolic OH excluding ortho intramolecular Hbond substituents is 1. The lowest BCUT2D eigenvalue weighted by atomic mass is 9.92. The monoisotopic (exact) mass is 327 g/mol. The third kappa shape index (κ3) is 3.23. The van der Waals surface area contributed by atoms with Gasteiger partial charge in [0, 0.05) is 12.6 Å². The lowest BCUT2D eigenvalue weighted by Crippen LogP contribution is -2.41. The first-order valence-corrected chi connectivity index (χ1v) is 7.61. The Morgan fingerprint density at radius 2 is 2.16 bits per heavy atom. The molecule has 0 radical (unpaired) electrons. The molecule has 2 atom stereocenters. The number of hydrogen-bond donors (Lipinski definition) is 1. The molecule has 0 aliphatic carbocycles. The van der Waals surface area contributed by atoms with Gasteiger partial charge in [0.2, 0.25) is 0 Å². The summed E-state index contributed by atoms with van der Waals surface area (Å²) in [7, 11) is 1.58. The van der Waals surface area contributed by atoms with E-state index in [1.807, 2.05) is 12.1 Å². The van der Waals surface area contributed by atoms with Crippen LogP contribution in [0.25, 0.3) is 0 Å². The summed E-state index contributed by atoms with van der Waals surface area (Å²) in [5.74, 6) is 1.45. The first-order chi connectivity index (χ1) is 9.02. The van der Waals surface area contributed by atoms with E-state index in [0.717, 1.165) is 19.0 Å². The summed E-state index contributed by atoms with van der Waals surface area (Å²) in [5.41, 5.74) is 1.17. The van der Waals surface area contributed by atoms with Crippen LogP contribution in [-0.4, -0.2) is 29.7 Å². The Morgan fingerprint density at radius 3 is 2.84 bits per heavy atom. The van der Waals surface area contributed by atoms with E-state index in [0.29, 0.717) is 16.3 Å². The highest BCUT2D eigenvalue weighted by atomic mass is 79.9. The summed E-state index contributed by atoms with van der Waals surface area (Å²) < 4.78 is 5.90. The van der Waals surface area contributed by atoms with E-state index in [4.69, 9.17) is 4.74 Å². The number of phenols is 1. The number of ether oxygens (including phenoxy) is 1. The predicted molar refractivity (Wildman–Crippen MR) is 80.6 cm³/mol. The molecule has 1 fully saturated rings. The van der Waals surface area contributed by atoms with E-state index in [9.17, 15) is 5.11 Å². The number of nitrogens with zero attached hydrogens (tertiary/aromatic N) is 1. The molecule has 0 bridgehead atoms. The first-order valence-electron chi connectivity index (χ1n) is 6.82. The summed E-state index contributed by atoms with van der Waals surface area (Å²) in [6.07, 6.45) is 2.59. The van der Waals surface area contributed by atoms with Crippen LogP contribution in [0.4, 0.5) is 0 Å². The molecular weight excluding hydrogens is 306 g/mol. The molecule has 2 unspecified atom stereocenters. The van der Waals surface area contributed by atoms with Crippen LogP contribution in [0.2, 0.25) is 0 Å². The average Bonchev–Trinajstić information content (AvgIpc) is 2.39. The fourth-order valence-electron chi connectivity index (χ4n) is 2.75. The van der Waals surface area contributed by atoms with Crippen LogP contribution < -0.4 is 4.74 Å². The van der Waals surface area contributed by atoms with Crippen molar-refractivity contribution in [1.29, 1.82) is 0 Å². The number of likely N-dealkylation sites (tertiary alicyclic amines) is 1. The maximum atomic E-state index is 9.84. The zero-order valence-corrected chi connectivity index (χ0v) is 13.4. The molecule has 1 aromatic rings. The van der Waals surface area contributed by atoms with Crippen molar-refractivity contribution in [2.24, 2.45) is 5.92 Å². The Kier molecular flexibility index (Phi) is 4.74. The molecule has 0 aromatic heterocycles. The van der Waals surface area contributed by atoms with Gasteiger partial charge in [-0.1, -0.05) is 6.92 Å². The largest absolute Gasteiger partial charge is 0.503 e. The molecule has 1 aliphatic heterocycles. The number of aromatic hydroxyl groups is 1. The number of methoxy groups -OCH3 is 1. The second-order valence-electron chi connectivity index (χ2n) is 5.46. The van der Waals surface area contributed by atoms with Gasteiger partial charge in [-0.05, 0) is 65.9 Å². The summed E-state index contributed by atoms with van der Waals surface area (Å²) in [5, 5.41) is 9.84. The van der Waals surface area contributed by atoms with Gasteiger partial charge in [0.05, 0.1) is 11.6 Å². The number of rotatable bonds is 3. The van der Waals surface area contributed by atoms with Crippen LogP contribution in [0, 0.1) is 5.92 Å². The molecule has 0 amide bonds. The van der Waals surface area contributed by atoms with E-state index < -0.39 is 0 Å². The highest BCUT2D eigenvalue weighted by Crippen LogP contribution is 2.36. The van der Waals surface area contributed by atoms with E-state index in [1.165, 1.54) is 18.4 Å². The minimum atomic E-state index is 0.173. The van der Waals surface area contributed by atoms with Crippen molar-refractivity contribution in [2.75, 3.05) is 13.7 Å². The van der Waals surface area contributed by atoms with E-state index in [-0.39, 0.29) is 5.75 Å². The first kappa shape index (κ1) is 14.7. The molecule has 4 heteroatoms. The average molecular weight is 328 g/mol. The van der Waals surface area contributed by atoms with Gasteiger partial charge in [-0.25, -0.2) is 0 Å². The van der Waals surface area contributed by atoms with Crippen molar-refractivity contribution >= 4 is 15.9 Å². The van der Waals surface area contributed by atoms with Crippen molar-refractivity contribution in [3.8, 4) is 11.5 Å². The van der Waals surface area contributed by atoms with Gasteiger partial charge in [-0.15, -0.1) is 0 Å². The van der Waals surface area contributed by atoms with Crippen molar-refractivity contribution in [1.82, 2.24) is 4.90 Å². The summed E-state index contributed by atoms with van der Waals surface area (Å²) in [6.45, 7) is 6.67. The fourth-order valence-corrected chi connectivity index (χ4v) is 3.24. The van der Waals surface area contributed by atoms with Gasteiger partial charge < -0.3 is 9.84 Å². The van der Waals surface area contributed by atoms with Gasteiger partial charge >= 0.3 is 0 Å². The molecule has 1 heterocycles. The minimum absolute atomic E-state index is 0.173. The van der Waals surface area contributed by atoms with E-state index in [1.54, 1.807) is 7.11 Å². The van der Waals surface area contributed by atoms with Crippen LogP contribution in [0.1, 0.15) is 32.3 Å². The van der Waals surface area contributed by atoms with Crippen LogP contribution in [0.3, 0.4) is 0 Å². The molecule has 3 nitrogen and oxygen atoms in total. The summed E-state index contributed by atoms with van der Waals surface area (Å²) in [4.78, 5) is 2.51. The molecule has 1 saturated heterocycles. The van der Waals surface area contributed by atoms with Gasteiger partial charge in [0.25, 0.3) is 0 Å². The van der Waals surface area contributed by atoms with Crippen molar-refractivity contribution < 1.29 is 9.84 Å². The van der Waals surface area contributed by atoms with E-state index in [2.05, 4.69) is 34.7 Å². The third-order valence-electron chi connectivity index (χ3n) is 4.20. The number of piperidine rings is 1. The summed E-state index contributed by atoms with van der Waals surface area (Å²) >= 11 is 3.38. The normalized spacial score (nSPS) is 24.4. The fraction of sp³-hybridized carbons (Fsp3) is 0.600. The molecule has 106 valence electrons. The number of hydrogen-bond acceptors (Lipinski definition) is 3. The zero-order valence-electron chi connectivity index (χ0n) is 11.8.